The number of methoxy groups -OCH3 is 2. The number of hydrogen-bond acceptors (Lipinski definition) is 4. The molecule has 5 nitrogen and oxygen atoms in total. The number of nitrogens with one attached hydrogen (secondary N) is 1. The molecule has 1 amide bonds. The zero-order valence-electron chi connectivity index (χ0n) is 17.8. The molecule has 0 heterocycles. The lowest BCUT2D eigenvalue weighted by Crippen LogP contribution is -2.15. The van der Waals surface area contributed by atoms with Crippen LogP contribution in [-0.4, -0.2) is 25.9 Å². The minimum atomic E-state index is -0.124. The molecule has 5 heteroatoms. The Morgan fingerprint density at radius 3 is 2.24 bits per heavy atom. The normalized spacial score (nSPS) is 10.7. The molecule has 2 aromatic carbocycles. The predicted molar refractivity (Wildman–Crippen MR) is 116 cm³/mol. The summed E-state index contributed by atoms with van der Waals surface area (Å²) in [7, 11) is 3.27. The average molecular weight is 398 g/mol. The van der Waals surface area contributed by atoms with Crippen molar-refractivity contribution < 1.29 is 19.1 Å². The van der Waals surface area contributed by atoms with Crippen molar-refractivity contribution in [3.8, 4) is 11.5 Å². The van der Waals surface area contributed by atoms with Crippen molar-refractivity contribution >= 4 is 17.4 Å². The van der Waals surface area contributed by atoms with Crippen LogP contribution in [0.5, 0.6) is 11.5 Å². The van der Waals surface area contributed by atoms with Crippen molar-refractivity contribution in [2.45, 2.75) is 46.0 Å². The number of ketones is 1. The zero-order chi connectivity index (χ0) is 21.2. The van der Waals surface area contributed by atoms with Crippen LogP contribution < -0.4 is 14.8 Å². The number of anilines is 1. The first-order valence-corrected chi connectivity index (χ1v) is 10.0. The second-order valence-electron chi connectivity index (χ2n) is 7.41. The molecule has 0 spiro atoms. The largest absolute Gasteiger partial charge is 0.493 e. The van der Waals surface area contributed by atoms with Gasteiger partial charge in [0.05, 0.1) is 14.2 Å². The SMILES string of the molecule is COc1ccc(CCCc2cccc(NC(=O)CCC(=O)C(C)C)c2)cc1OC. The van der Waals surface area contributed by atoms with Crippen molar-refractivity contribution in [1.82, 2.24) is 0 Å². The lowest BCUT2D eigenvalue weighted by molar-refractivity contribution is -0.124. The molecule has 0 aliphatic heterocycles. The minimum absolute atomic E-state index is 0.0307. The van der Waals surface area contributed by atoms with Gasteiger partial charge < -0.3 is 14.8 Å². The van der Waals surface area contributed by atoms with Crippen molar-refractivity contribution in [2.24, 2.45) is 5.92 Å². The average Bonchev–Trinajstić information content (AvgIpc) is 2.72. The lowest BCUT2D eigenvalue weighted by Gasteiger charge is -2.10. The van der Waals surface area contributed by atoms with Gasteiger partial charge in [0.2, 0.25) is 5.91 Å². The van der Waals surface area contributed by atoms with Gasteiger partial charge in [-0.1, -0.05) is 32.0 Å². The lowest BCUT2D eigenvalue weighted by atomic mass is 10.0. The number of carbonyl (C=O) groups excluding carboxylic acids is 2. The highest BCUT2D eigenvalue weighted by atomic mass is 16.5. The third kappa shape index (κ3) is 7.26. The van der Waals surface area contributed by atoms with E-state index in [4.69, 9.17) is 9.47 Å². The third-order valence-electron chi connectivity index (χ3n) is 4.83. The highest BCUT2D eigenvalue weighted by Crippen LogP contribution is 2.28. The van der Waals surface area contributed by atoms with Crippen LogP contribution in [0.15, 0.2) is 42.5 Å². The zero-order valence-corrected chi connectivity index (χ0v) is 17.8. The first-order valence-electron chi connectivity index (χ1n) is 10.0. The van der Waals surface area contributed by atoms with Crippen LogP contribution in [-0.2, 0) is 22.4 Å². The summed E-state index contributed by atoms with van der Waals surface area (Å²) in [5.41, 5.74) is 3.14. The number of rotatable bonds is 11. The van der Waals surface area contributed by atoms with E-state index in [1.165, 1.54) is 11.1 Å². The van der Waals surface area contributed by atoms with Crippen molar-refractivity contribution in [1.29, 1.82) is 0 Å². The number of carbonyl (C=O) groups is 2. The molecule has 0 aliphatic carbocycles. The van der Waals surface area contributed by atoms with Crippen LogP contribution in [0, 0.1) is 5.92 Å². The van der Waals surface area contributed by atoms with E-state index in [9.17, 15) is 9.59 Å². The van der Waals surface area contributed by atoms with E-state index in [-0.39, 0.29) is 30.4 Å². The van der Waals surface area contributed by atoms with Gasteiger partial charge in [0.1, 0.15) is 5.78 Å². The van der Waals surface area contributed by atoms with Crippen LogP contribution in [0.4, 0.5) is 5.69 Å². The molecule has 0 bridgehead atoms. The summed E-state index contributed by atoms with van der Waals surface area (Å²) in [5, 5.41) is 2.89. The number of benzene rings is 2. The molecule has 2 aromatic rings. The molecule has 0 saturated heterocycles. The molecule has 0 radical (unpaired) electrons. The first kappa shape index (κ1) is 22.5. The molecule has 0 unspecified atom stereocenters. The van der Waals surface area contributed by atoms with Gasteiger partial charge >= 0.3 is 0 Å². The van der Waals surface area contributed by atoms with Gasteiger partial charge in [-0.2, -0.15) is 0 Å². The Morgan fingerprint density at radius 1 is 0.897 bits per heavy atom. The Hall–Kier alpha value is -2.82. The van der Waals surface area contributed by atoms with Gasteiger partial charge in [-0.25, -0.2) is 0 Å². The topological polar surface area (TPSA) is 64.6 Å². The summed E-state index contributed by atoms with van der Waals surface area (Å²) in [6, 6.07) is 13.9. The molecule has 0 saturated carbocycles. The Morgan fingerprint density at radius 2 is 1.59 bits per heavy atom. The number of ether oxygens (including phenoxy) is 2. The van der Waals surface area contributed by atoms with Crippen LogP contribution in [0.3, 0.4) is 0 Å². The third-order valence-corrected chi connectivity index (χ3v) is 4.83. The summed E-state index contributed by atoms with van der Waals surface area (Å²) in [6.07, 6.45) is 3.32. The Labute approximate surface area is 173 Å². The summed E-state index contributed by atoms with van der Waals surface area (Å²) in [5.74, 6) is 1.43. The standard InChI is InChI=1S/C24H31NO4/c1-17(2)21(26)12-14-24(27)25-20-10-6-9-18(15-20)7-5-8-19-11-13-22(28-3)23(16-19)29-4/h6,9-11,13,15-17H,5,7-8,12,14H2,1-4H3,(H,25,27). The Bertz CT molecular complexity index is 829. The second kappa shape index (κ2) is 11.2. The van der Waals surface area contributed by atoms with E-state index in [1.54, 1.807) is 14.2 Å². The van der Waals surface area contributed by atoms with Gasteiger partial charge in [0.25, 0.3) is 0 Å². The fraction of sp³-hybridized carbons (Fsp3) is 0.417. The number of hydrogen-bond donors (Lipinski definition) is 1. The molecular formula is C24H31NO4. The van der Waals surface area contributed by atoms with E-state index in [0.29, 0.717) is 0 Å². The number of aryl methyl sites for hydroxylation is 2. The van der Waals surface area contributed by atoms with E-state index in [0.717, 1.165) is 36.4 Å². The quantitative estimate of drug-likeness (QED) is 0.590. The van der Waals surface area contributed by atoms with Gasteiger partial charge in [-0.3, -0.25) is 9.59 Å². The molecule has 0 aliphatic rings. The van der Waals surface area contributed by atoms with Crippen molar-refractivity contribution in [3.05, 3.63) is 53.6 Å². The second-order valence-corrected chi connectivity index (χ2v) is 7.41. The van der Waals surface area contributed by atoms with Gasteiger partial charge in [-0.15, -0.1) is 0 Å². The number of Topliss-reactive ketones (excluding diaryl/α,β-unsaturated/α-hetero) is 1. The van der Waals surface area contributed by atoms with E-state index in [2.05, 4.69) is 17.4 Å². The molecule has 156 valence electrons. The minimum Gasteiger partial charge on any atom is -0.493 e. The van der Waals surface area contributed by atoms with Gasteiger partial charge in [0.15, 0.2) is 11.5 Å². The van der Waals surface area contributed by atoms with Gasteiger partial charge in [-0.05, 0) is 54.7 Å². The van der Waals surface area contributed by atoms with E-state index in [1.807, 2.05) is 44.2 Å². The molecule has 0 fully saturated rings. The van der Waals surface area contributed by atoms with E-state index < -0.39 is 0 Å². The summed E-state index contributed by atoms with van der Waals surface area (Å²) in [6.45, 7) is 3.71. The predicted octanol–water partition coefficient (Wildman–Crippen LogP) is 4.82. The summed E-state index contributed by atoms with van der Waals surface area (Å²) in [4.78, 5) is 23.7. The molecule has 2 rings (SSSR count). The smallest absolute Gasteiger partial charge is 0.224 e. The molecule has 0 atom stereocenters. The molecule has 1 N–H and O–H groups in total. The Balaban J connectivity index is 1.85. The van der Waals surface area contributed by atoms with Crippen LogP contribution in [0.1, 0.15) is 44.2 Å². The summed E-state index contributed by atoms with van der Waals surface area (Å²) < 4.78 is 10.6. The fourth-order valence-electron chi connectivity index (χ4n) is 3.09. The van der Waals surface area contributed by atoms with Crippen LogP contribution in [0.2, 0.25) is 0 Å². The fourth-order valence-corrected chi connectivity index (χ4v) is 3.09. The summed E-state index contributed by atoms with van der Waals surface area (Å²) >= 11 is 0. The maximum Gasteiger partial charge on any atom is 0.224 e. The molecule has 0 aromatic heterocycles. The Kier molecular flexibility index (Phi) is 8.71. The maximum atomic E-state index is 12.1. The van der Waals surface area contributed by atoms with Crippen LogP contribution in [0.25, 0.3) is 0 Å². The molecular weight excluding hydrogens is 366 g/mol. The number of amides is 1. The van der Waals surface area contributed by atoms with Crippen LogP contribution >= 0.6 is 0 Å². The highest BCUT2D eigenvalue weighted by molar-refractivity contribution is 5.93. The highest BCUT2D eigenvalue weighted by Gasteiger charge is 2.11. The first-order chi connectivity index (χ1) is 13.9. The maximum absolute atomic E-state index is 12.1. The molecule has 29 heavy (non-hydrogen) atoms. The monoisotopic (exact) mass is 397 g/mol. The van der Waals surface area contributed by atoms with Crippen molar-refractivity contribution in [2.75, 3.05) is 19.5 Å². The van der Waals surface area contributed by atoms with Gasteiger partial charge in [0, 0.05) is 24.4 Å². The van der Waals surface area contributed by atoms with E-state index >= 15 is 0 Å². The van der Waals surface area contributed by atoms with Crippen molar-refractivity contribution in [3.63, 3.8) is 0 Å².